The summed E-state index contributed by atoms with van der Waals surface area (Å²) in [5.74, 6) is -1.54. The lowest BCUT2D eigenvalue weighted by Crippen LogP contribution is -2.21. The Bertz CT molecular complexity index is 464. The first-order valence-electron chi connectivity index (χ1n) is 5.24. The van der Waals surface area contributed by atoms with E-state index in [9.17, 15) is 9.59 Å². The van der Waals surface area contributed by atoms with Crippen molar-refractivity contribution in [3.05, 3.63) is 47.0 Å². The van der Waals surface area contributed by atoms with Gasteiger partial charge in [-0.15, -0.1) is 0 Å². The molecular weight excluding hydrogens is 218 g/mol. The topological polar surface area (TPSA) is 66.4 Å². The van der Waals surface area contributed by atoms with Gasteiger partial charge in [-0.2, -0.15) is 0 Å². The number of benzene rings is 1. The van der Waals surface area contributed by atoms with Crippen molar-refractivity contribution in [2.24, 2.45) is 0 Å². The highest BCUT2D eigenvalue weighted by atomic mass is 16.4. The molecule has 1 amide bonds. The van der Waals surface area contributed by atoms with Gasteiger partial charge in [0, 0.05) is 18.7 Å². The predicted molar refractivity (Wildman–Crippen MR) is 64.5 cm³/mol. The third-order valence-electron chi connectivity index (χ3n) is 2.33. The fourth-order valence-corrected chi connectivity index (χ4v) is 1.43. The van der Waals surface area contributed by atoms with E-state index in [2.05, 4.69) is 5.32 Å². The summed E-state index contributed by atoms with van der Waals surface area (Å²) in [7, 11) is 0. The maximum absolute atomic E-state index is 11.2. The van der Waals surface area contributed by atoms with Crippen LogP contribution in [-0.2, 0) is 16.1 Å². The van der Waals surface area contributed by atoms with Crippen molar-refractivity contribution in [3.8, 4) is 0 Å². The second kappa shape index (κ2) is 5.84. The molecule has 0 saturated carbocycles. The van der Waals surface area contributed by atoms with Crippen molar-refractivity contribution in [1.29, 1.82) is 0 Å². The van der Waals surface area contributed by atoms with Crippen LogP contribution in [0.4, 0.5) is 0 Å². The molecule has 0 spiro atoms. The highest BCUT2D eigenvalue weighted by Crippen LogP contribution is 2.09. The Morgan fingerprint density at radius 2 is 2.00 bits per heavy atom. The Hall–Kier alpha value is -2.10. The Morgan fingerprint density at radius 1 is 1.29 bits per heavy atom. The number of carboxylic acids is 1. The van der Waals surface area contributed by atoms with Gasteiger partial charge in [-0.05, 0) is 25.0 Å². The first kappa shape index (κ1) is 13.0. The molecule has 0 heterocycles. The minimum Gasteiger partial charge on any atom is -0.478 e. The molecule has 0 aromatic heterocycles. The zero-order chi connectivity index (χ0) is 12.8. The number of hydrogen-bond donors (Lipinski definition) is 2. The lowest BCUT2D eigenvalue weighted by molar-refractivity contribution is -0.131. The number of nitrogens with one attached hydrogen (secondary N) is 1. The normalized spacial score (nSPS) is 10.5. The minimum atomic E-state index is -1.13. The van der Waals surface area contributed by atoms with Crippen LogP contribution in [0.3, 0.4) is 0 Å². The first-order chi connectivity index (χ1) is 7.99. The van der Waals surface area contributed by atoms with E-state index in [-0.39, 0.29) is 0 Å². The Balaban J connectivity index is 2.56. The molecule has 0 radical (unpaired) electrons. The molecule has 90 valence electrons. The summed E-state index contributed by atoms with van der Waals surface area (Å²) >= 11 is 0. The molecule has 1 aromatic carbocycles. The third kappa shape index (κ3) is 4.51. The number of rotatable bonds is 4. The van der Waals surface area contributed by atoms with E-state index in [1.165, 1.54) is 5.56 Å². The van der Waals surface area contributed by atoms with E-state index in [0.29, 0.717) is 6.54 Å². The van der Waals surface area contributed by atoms with Gasteiger partial charge in [0.15, 0.2) is 0 Å². The molecule has 0 unspecified atom stereocenters. The van der Waals surface area contributed by atoms with Crippen molar-refractivity contribution in [3.63, 3.8) is 0 Å². The molecule has 4 nitrogen and oxygen atoms in total. The van der Waals surface area contributed by atoms with Gasteiger partial charge in [0.05, 0.1) is 0 Å². The summed E-state index contributed by atoms with van der Waals surface area (Å²) in [5.41, 5.74) is 3.29. The smallest absolute Gasteiger partial charge is 0.328 e. The molecule has 4 heteroatoms. The van der Waals surface area contributed by atoms with Gasteiger partial charge in [0.2, 0.25) is 5.91 Å². The van der Waals surface area contributed by atoms with Crippen LogP contribution < -0.4 is 5.32 Å². The molecule has 17 heavy (non-hydrogen) atoms. The molecule has 0 aliphatic carbocycles. The molecular formula is C13H15NO3. The number of carbonyl (C=O) groups excluding carboxylic acids is 1. The molecule has 1 rings (SSSR count). The van der Waals surface area contributed by atoms with Crippen molar-refractivity contribution in [2.45, 2.75) is 20.4 Å². The van der Waals surface area contributed by atoms with Crippen LogP contribution in [0, 0.1) is 13.8 Å². The molecule has 0 bridgehead atoms. The number of aryl methyl sites for hydroxylation is 2. The van der Waals surface area contributed by atoms with E-state index >= 15 is 0 Å². The van der Waals surface area contributed by atoms with Crippen molar-refractivity contribution in [2.75, 3.05) is 0 Å². The highest BCUT2D eigenvalue weighted by Gasteiger charge is 2.01. The number of hydrogen-bond acceptors (Lipinski definition) is 2. The van der Waals surface area contributed by atoms with Gasteiger partial charge in [-0.1, -0.05) is 23.8 Å². The van der Waals surface area contributed by atoms with E-state index in [4.69, 9.17) is 5.11 Å². The summed E-state index contributed by atoms with van der Waals surface area (Å²) in [4.78, 5) is 21.4. The predicted octanol–water partition coefficient (Wildman–Crippen LogP) is 1.56. The first-order valence-corrected chi connectivity index (χ1v) is 5.24. The number of carbonyl (C=O) groups is 2. The average Bonchev–Trinajstić information content (AvgIpc) is 2.25. The maximum Gasteiger partial charge on any atom is 0.328 e. The SMILES string of the molecule is Cc1ccc(CNC(=O)/C=C\C(=O)O)c(C)c1. The monoisotopic (exact) mass is 233 g/mol. The van der Waals surface area contributed by atoms with Crippen LogP contribution >= 0.6 is 0 Å². The van der Waals surface area contributed by atoms with Crippen LogP contribution in [0.25, 0.3) is 0 Å². The second-order valence-corrected chi connectivity index (χ2v) is 3.82. The standard InChI is InChI=1S/C13H15NO3/c1-9-3-4-11(10(2)7-9)8-14-12(15)5-6-13(16)17/h3-7H,8H2,1-2H3,(H,14,15)(H,16,17)/b6-5-. The highest BCUT2D eigenvalue weighted by molar-refractivity contribution is 5.93. The summed E-state index contributed by atoms with van der Waals surface area (Å²) in [6.45, 7) is 4.38. The van der Waals surface area contributed by atoms with Gasteiger partial charge in [-0.25, -0.2) is 4.79 Å². The van der Waals surface area contributed by atoms with Crippen LogP contribution in [-0.4, -0.2) is 17.0 Å². The van der Waals surface area contributed by atoms with Crippen molar-refractivity contribution < 1.29 is 14.7 Å². The Labute approximate surface area is 100.0 Å². The van der Waals surface area contributed by atoms with Crippen molar-refractivity contribution in [1.82, 2.24) is 5.32 Å². The van der Waals surface area contributed by atoms with Gasteiger partial charge < -0.3 is 10.4 Å². The summed E-state index contributed by atoms with van der Waals surface area (Å²) in [6, 6.07) is 5.96. The summed E-state index contributed by atoms with van der Waals surface area (Å²) in [6.07, 6.45) is 1.82. The molecule has 2 N–H and O–H groups in total. The van der Waals surface area contributed by atoms with E-state index in [1.54, 1.807) is 0 Å². The second-order valence-electron chi connectivity index (χ2n) is 3.82. The largest absolute Gasteiger partial charge is 0.478 e. The van der Waals surface area contributed by atoms with Crippen molar-refractivity contribution >= 4 is 11.9 Å². The minimum absolute atomic E-state index is 0.398. The van der Waals surface area contributed by atoms with Crippen LogP contribution in [0.15, 0.2) is 30.4 Å². The fraction of sp³-hybridized carbons (Fsp3) is 0.231. The van der Waals surface area contributed by atoms with Gasteiger partial charge in [-0.3, -0.25) is 4.79 Å². The fourth-order valence-electron chi connectivity index (χ4n) is 1.43. The maximum atomic E-state index is 11.2. The molecule has 0 fully saturated rings. The lowest BCUT2D eigenvalue weighted by Gasteiger charge is -2.07. The van der Waals surface area contributed by atoms with Gasteiger partial charge in [0.1, 0.15) is 0 Å². The Morgan fingerprint density at radius 3 is 2.59 bits per heavy atom. The average molecular weight is 233 g/mol. The molecule has 0 saturated heterocycles. The molecule has 1 aromatic rings. The number of aliphatic carboxylic acids is 1. The van der Waals surface area contributed by atoms with Crippen LogP contribution in [0.1, 0.15) is 16.7 Å². The molecule has 0 aliphatic heterocycles. The quantitative estimate of drug-likeness (QED) is 0.775. The Kier molecular flexibility index (Phi) is 4.46. The third-order valence-corrected chi connectivity index (χ3v) is 2.33. The van der Waals surface area contributed by atoms with Crippen LogP contribution in [0.5, 0.6) is 0 Å². The summed E-state index contributed by atoms with van der Waals surface area (Å²) in [5, 5.41) is 11.0. The summed E-state index contributed by atoms with van der Waals surface area (Å²) < 4.78 is 0. The lowest BCUT2D eigenvalue weighted by atomic mass is 10.1. The van der Waals surface area contributed by atoms with E-state index < -0.39 is 11.9 Å². The zero-order valence-electron chi connectivity index (χ0n) is 9.86. The van der Waals surface area contributed by atoms with Crippen LogP contribution in [0.2, 0.25) is 0 Å². The van der Waals surface area contributed by atoms with E-state index in [1.807, 2.05) is 32.0 Å². The van der Waals surface area contributed by atoms with Gasteiger partial charge >= 0.3 is 5.97 Å². The molecule has 0 atom stereocenters. The number of amides is 1. The van der Waals surface area contributed by atoms with Gasteiger partial charge in [0.25, 0.3) is 0 Å². The zero-order valence-corrected chi connectivity index (χ0v) is 9.86. The number of carboxylic acid groups (broad SMARTS) is 1. The van der Waals surface area contributed by atoms with E-state index in [0.717, 1.165) is 23.3 Å². The molecule has 0 aliphatic rings.